The van der Waals surface area contributed by atoms with Gasteiger partial charge in [0.05, 0.1) is 0 Å². The summed E-state index contributed by atoms with van der Waals surface area (Å²) in [5.41, 5.74) is 8.78. The molecule has 0 aliphatic rings. The van der Waals surface area contributed by atoms with Crippen molar-refractivity contribution in [3.63, 3.8) is 0 Å². The Bertz CT molecular complexity index is 195. The molecule has 0 fully saturated rings. The van der Waals surface area contributed by atoms with E-state index in [0.29, 0.717) is 13.0 Å². The van der Waals surface area contributed by atoms with E-state index in [4.69, 9.17) is 51.4 Å². The first-order valence-electron chi connectivity index (χ1n) is 3.55. The molecule has 7 heteroatoms. The fourth-order valence-electron chi connectivity index (χ4n) is 0.751. The molecule has 5 N–H and O–H groups in total. The van der Waals surface area contributed by atoms with Crippen LogP contribution in [-0.2, 0) is 4.79 Å². The second kappa shape index (κ2) is 4.66. The molecule has 0 amide bonds. The third kappa shape index (κ3) is 3.14. The Labute approximate surface area is 91.1 Å². The van der Waals surface area contributed by atoms with Crippen LogP contribution in [0, 0.1) is 0 Å². The van der Waals surface area contributed by atoms with Gasteiger partial charge in [0.1, 0.15) is 0 Å². The number of carboxylic acid groups (broad SMARTS) is 1. The summed E-state index contributed by atoms with van der Waals surface area (Å²) in [6, 6.07) is 0. The molecule has 78 valence electrons. The summed E-state index contributed by atoms with van der Waals surface area (Å²) in [6.07, 6.45) is 0.409. The van der Waals surface area contributed by atoms with Crippen molar-refractivity contribution in [2.45, 2.75) is 22.2 Å². The lowest BCUT2D eigenvalue weighted by Gasteiger charge is -2.31. The zero-order chi connectivity index (χ0) is 10.7. The number of hydrogen-bond donors (Lipinski definition) is 3. The van der Waals surface area contributed by atoms with E-state index in [1.165, 1.54) is 0 Å². The van der Waals surface area contributed by atoms with Gasteiger partial charge in [0.2, 0.25) is 3.79 Å². The van der Waals surface area contributed by atoms with Crippen LogP contribution in [0.15, 0.2) is 0 Å². The summed E-state index contributed by atoms with van der Waals surface area (Å²) in [4.78, 5) is 10.8. The molecule has 1 unspecified atom stereocenters. The van der Waals surface area contributed by atoms with Crippen molar-refractivity contribution in [2.75, 3.05) is 6.54 Å². The van der Waals surface area contributed by atoms with Crippen LogP contribution in [0.3, 0.4) is 0 Å². The van der Waals surface area contributed by atoms with Crippen LogP contribution in [0.1, 0.15) is 12.8 Å². The maximum Gasteiger partial charge on any atom is 0.328 e. The van der Waals surface area contributed by atoms with Gasteiger partial charge in [-0.3, -0.25) is 4.79 Å². The first-order valence-corrected chi connectivity index (χ1v) is 4.68. The van der Waals surface area contributed by atoms with Crippen molar-refractivity contribution in [1.82, 2.24) is 0 Å². The normalized spacial score (nSPS) is 16.7. The van der Waals surface area contributed by atoms with Crippen LogP contribution >= 0.6 is 34.8 Å². The maximum atomic E-state index is 10.8. The number of carboxylic acids is 1. The molecular formula is C6H11Cl3N2O2. The minimum Gasteiger partial charge on any atom is -0.480 e. The molecule has 0 saturated carbocycles. The van der Waals surface area contributed by atoms with Gasteiger partial charge < -0.3 is 16.6 Å². The van der Waals surface area contributed by atoms with Crippen molar-refractivity contribution in [3.05, 3.63) is 0 Å². The fourth-order valence-corrected chi connectivity index (χ4v) is 1.28. The van der Waals surface area contributed by atoms with E-state index in [9.17, 15) is 4.79 Å². The number of carbonyl (C=O) groups is 1. The Hall–Kier alpha value is 0.260. The molecule has 0 saturated heterocycles. The van der Waals surface area contributed by atoms with Crippen LogP contribution in [0.25, 0.3) is 0 Å². The van der Waals surface area contributed by atoms with Gasteiger partial charge in [0.25, 0.3) is 0 Å². The van der Waals surface area contributed by atoms with Crippen LogP contribution in [0.2, 0.25) is 0 Å². The fraction of sp³-hybridized carbons (Fsp3) is 0.833. The van der Waals surface area contributed by atoms with Gasteiger partial charge >= 0.3 is 5.97 Å². The molecule has 0 radical (unpaired) electrons. The summed E-state index contributed by atoms with van der Waals surface area (Å²) in [5, 5.41) is 8.78. The molecule has 13 heavy (non-hydrogen) atoms. The Morgan fingerprint density at radius 3 is 2.08 bits per heavy atom. The first-order chi connectivity index (χ1) is 5.75. The van der Waals surface area contributed by atoms with E-state index in [1.54, 1.807) is 0 Å². The first kappa shape index (κ1) is 13.3. The SMILES string of the molecule is NCCCC(N)(C(=O)O)C(Cl)(Cl)Cl. The van der Waals surface area contributed by atoms with Crippen LogP contribution in [-0.4, -0.2) is 27.0 Å². The van der Waals surface area contributed by atoms with Crippen LogP contribution < -0.4 is 11.5 Å². The quantitative estimate of drug-likeness (QED) is 0.645. The van der Waals surface area contributed by atoms with Crippen molar-refractivity contribution < 1.29 is 9.90 Å². The standard InChI is InChI=1S/C6H11Cl3N2O2/c7-6(8,9)5(11,4(12)13)2-1-3-10/h1-3,10-11H2,(H,12,13). The van der Waals surface area contributed by atoms with Gasteiger partial charge in [-0.25, -0.2) is 0 Å². The summed E-state index contributed by atoms with van der Waals surface area (Å²) in [5.74, 6) is -1.35. The molecule has 1 atom stereocenters. The molecule has 0 spiro atoms. The highest BCUT2D eigenvalue weighted by Gasteiger charge is 2.51. The molecule has 0 heterocycles. The summed E-state index contributed by atoms with van der Waals surface area (Å²) in [7, 11) is 0. The Morgan fingerprint density at radius 1 is 1.38 bits per heavy atom. The van der Waals surface area contributed by atoms with Gasteiger partial charge in [-0.2, -0.15) is 0 Å². The molecule has 0 aromatic heterocycles. The summed E-state index contributed by atoms with van der Waals surface area (Å²) in [6.45, 7) is 0.299. The zero-order valence-corrected chi connectivity index (χ0v) is 9.03. The average Bonchev–Trinajstić information content (AvgIpc) is 1.97. The second-order valence-corrected chi connectivity index (χ2v) is 4.95. The number of aliphatic carboxylic acids is 1. The van der Waals surface area contributed by atoms with Gasteiger partial charge in [0, 0.05) is 0 Å². The van der Waals surface area contributed by atoms with Gasteiger partial charge in [-0.05, 0) is 19.4 Å². The highest BCUT2D eigenvalue weighted by atomic mass is 35.6. The highest BCUT2D eigenvalue weighted by molar-refractivity contribution is 6.69. The van der Waals surface area contributed by atoms with E-state index in [-0.39, 0.29) is 6.42 Å². The number of hydrogen-bond acceptors (Lipinski definition) is 3. The van der Waals surface area contributed by atoms with E-state index in [1.807, 2.05) is 0 Å². The molecule has 0 bridgehead atoms. The zero-order valence-electron chi connectivity index (χ0n) is 6.77. The summed E-state index contributed by atoms with van der Waals surface area (Å²) < 4.78 is -2.03. The molecule has 0 aliphatic heterocycles. The highest BCUT2D eigenvalue weighted by Crippen LogP contribution is 2.39. The Balaban J connectivity index is 4.64. The number of halogens is 3. The van der Waals surface area contributed by atoms with Gasteiger partial charge in [0.15, 0.2) is 5.54 Å². The molecular weight excluding hydrogens is 238 g/mol. The Kier molecular flexibility index (Phi) is 4.76. The lowest BCUT2D eigenvalue weighted by atomic mass is 9.96. The predicted octanol–water partition coefficient (Wildman–Crippen LogP) is 0.878. The smallest absolute Gasteiger partial charge is 0.328 e. The molecule has 0 aliphatic carbocycles. The lowest BCUT2D eigenvalue weighted by Crippen LogP contribution is -2.58. The van der Waals surface area contributed by atoms with Gasteiger partial charge in [-0.15, -0.1) is 0 Å². The molecule has 0 rings (SSSR count). The van der Waals surface area contributed by atoms with Crippen molar-refractivity contribution in [1.29, 1.82) is 0 Å². The minimum absolute atomic E-state index is 0.0231. The summed E-state index contributed by atoms with van der Waals surface area (Å²) >= 11 is 16.4. The van der Waals surface area contributed by atoms with Crippen LogP contribution in [0.5, 0.6) is 0 Å². The van der Waals surface area contributed by atoms with Gasteiger partial charge in [-0.1, -0.05) is 34.8 Å². The number of alkyl halides is 3. The van der Waals surface area contributed by atoms with Crippen molar-refractivity contribution in [2.24, 2.45) is 11.5 Å². The minimum atomic E-state index is -2.03. The molecule has 0 aromatic rings. The largest absolute Gasteiger partial charge is 0.480 e. The van der Waals surface area contributed by atoms with Crippen molar-refractivity contribution >= 4 is 40.8 Å². The third-order valence-corrected chi connectivity index (χ3v) is 2.67. The second-order valence-electron chi connectivity index (χ2n) is 2.67. The number of rotatable bonds is 4. The van der Waals surface area contributed by atoms with E-state index < -0.39 is 15.3 Å². The van der Waals surface area contributed by atoms with E-state index >= 15 is 0 Å². The lowest BCUT2D eigenvalue weighted by molar-refractivity contribution is -0.143. The van der Waals surface area contributed by atoms with Crippen molar-refractivity contribution in [3.8, 4) is 0 Å². The Morgan fingerprint density at radius 2 is 1.85 bits per heavy atom. The molecule has 0 aromatic carbocycles. The van der Waals surface area contributed by atoms with E-state index in [0.717, 1.165) is 0 Å². The molecule has 4 nitrogen and oxygen atoms in total. The average molecular weight is 250 g/mol. The number of nitrogens with two attached hydrogens (primary N) is 2. The van der Waals surface area contributed by atoms with Crippen LogP contribution in [0.4, 0.5) is 0 Å². The van der Waals surface area contributed by atoms with E-state index in [2.05, 4.69) is 0 Å². The predicted molar refractivity (Wildman–Crippen MR) is 53.1 cm³/mol. The monoisotopic (exact) mass is 248 g/mol. The topological polar surface area (TPSA) is 89.3 Å². The maximum absolute atomic E-state index is 10.8. The third-order valence-electron chi connectivity index (χ3n) is 1.66.